The summed E-state index contributed by atoms with van der Waals surface area (Å²) in [5.41, 5.74) is 2.72. The van der Waals surface area contributed by atoms with E-state index in [-0.39, 0.29) is 111 Å². The first kappa shape index (κ1) is 49.6. The van der Waals surface area contributed by atoms with Crippen molar-refractivity contribution in [3.05, 3.63) is 142 Å². The van der Waals surface area contributed by atoms with Gasteiger partial charge in [-0.3, -0.25) is 0 Å². The van der Waals surface area contributed by atoms with E-state index < -0.39 is 7.82 Å². The molecule has 0 saturated heterocycles. The zero-order valence-corrected chi connectivity index (χ0v) is 37.1. The molecule has 0 radical (unpaired) electrons. The molecule has 0 saturated carbocycles. The molecule has 16 heteroatoms. The number of ether oxygens (including phenoxy) is 4. The van der Waals surface area contributed by atoms with Gasteiger partial charge in [-0.1, -0.05) is 48.6 Å². The van der Waals surface area contributed by atoms with Crippen molar-refractivity contribution in [1.29, 1.82) is 0 Å². The van der Waals surface area contributed by atoms with Crippen molar-refractivity contribution in [2.45, 2.75) is 12.8 Å². The number of carbonyl (C=O) groups excluding carboxylic acids is 4. The number of phosphoric acid groups is 1. The molecule has 312 valence electrons. The van der Waals surface area contributed by atoms with Crippen LogP contribution in [-0.2, 0) is 23.7 Å². The van der Waals surface area contributed by atoms with E-state index in [1.54, 1.807) is 60.2 Å². The number of phenols is 2. The molecular weight excluding hydrogens is 830 g/mol. The van der Waals surface area contributed by atoms with Gasteiger partial charge in [0, 0.05) is 35.1 Å². The second-order valence-electron chi connectivity index (χ2n) is 12.5. The molecule has 14 nitrogen and oxygen atoms in total. The smallest absolute Gasteiger partial charge is 0.736 e. The number of allylic oxidation sites excluding steroid dienone is 8. The number of hydrogen-bond acceptors (Lipinski definition) is 14. The molecule has 0 unspecified atom stereocenters. The minimum absolute atomic E-state index is 0. The molecule has 0 aliphatic rings. The average molecular weight is 869 g/mol. The van der Waals surface area contributed by atoms with Crippen LogP contribution in [0.2, 0.25) is 0 Å². The van der Waals surface area contributed by atoms with Crippen LogP contribution in [0.25, 0.3) is 24.3 Å². The monoisotopic (exact) mass is 868 g/mol. The fraction of sp³-hybridized carbons (Fsp3) is 0.130. The third kappa shape index (κ3) is 14.7. The first-order chi connectivity index (χ1) is 29.4. The fourth-order valence-electron chi connectivity index (χ4n) is 5.30. The van der Waals surface area contributed by atoms with Crippen molar-refractivity contribution in [1.82, 2.24) is 0 Å². The first-order valence-corrected chi connectivity index (χ1v) is 19.3. The Hall–Kier alpha value is -6.77. The average Bonchev–Trinajstić information content (AvgIpc) is 3.27. The number of rotatable bonds is 20. The number of hydrogen-bond donors (Lipinski definition) is 2. The van der Waals surface area contributed by atoms with Crippen LogP contribution in [0.3, 0.4) is 0 Å². The summed E-state index contributed by atoms with van der Waals surface area (Å²) in [5.74, 6) is 7.18. The van der Waals surface area contributed by atoms with Gasteiger partial charge in [0.2, 0.25) is 0 Å². The number of phenolic OH excluding ortho intramolecular Hbond substituents is 2. The quantitative estimate of drug-likeness (QED) is 0.0550. The van der Waals surface area contributed by atoms with E-state index in [0.717, 1.165) is 0 Å². The van der Waals surface area contributed by atoms with Crippen molar-refractivity contribution in [3.8, 4) is 46.0 Å². The summed E-state index contributed by atoms with van der Waals surface area (Å²) in [5, 5.41) is 19.6. The van der Waals surface area contributed by atoms with Crippen LogP contribution in [-0.4, -0.2) is 62.4 Å². The molecule has 0 fully saturated rings. The van der Waals surface area contributed by atoms with Gasteiger partial charge >= 0.3 is 37.4 Å². The van der Waals surface area contributed by atoms with E-state index in [9.17, 15) is 38.8 Å². The minimum atomic E-state index is -5.12. The van der Waals surface area contributed by atoms with Gasteiger partial charge in [0.15, 0.2) is 46.0 Å². The van der Waals surface area contributed by atoms with Crippen LogP contribution in [0.4, 0.5) is 0 Å². The fourth-order valence-corrected chi connectivity index (χ4v) is 6.12. The van der Waals surface area contributed by atoms with Gasteiger partial charge in [0.05, 0.1) is 28.4 Å². The Morgan fingerprint density at radius 2 is 0.774 bits per heavy atom. The molecule has 0 atom stereocenters. The van der Waals surface area contributed by atoms with Gasteiger partial charge in [0.25, 0.3) is 0 Å². The van der Waals surface area contributed by atoms with Crippen molar-refractivity contribution < 1.29 is 96.4 Å². The van der Waals surface area contributed by atoms with E-state index in [1.807, 2.05) is 0 Å². The second kappa shape index (κ2) is 24.5. The predicted molar refractivity (Wildman–Crippen MR) is 226 cm³/mol. The zero-order chi connectivity index (χ0) is 44.4. The third-order valence-electron chi connectivity index (χ3n) is 8.40. The first-order valence-electron chi connectivity index (χ1n) is 17.9. The Labute approximate surface area is 379 Å². The summed E-state index contributed by atoms with van der Waals surface area (Å²) in [7, 11) is 0.282. The summed E-state index contributed by atoms with van der Waals surface area (Å²) in [6, 6.07) is 17.7. The maximum absolute atomic E-state index is 13.1. The molecule has 62 heavy (non-hydrogen) atoms. The van der Waals surface area contributed by atoms with Gasteiger partial charge in [-0.2, -0.15) is 0 Å². The van der Waals surface area contributed by atoms with Crippen LogP contribution >= 0.6 is 7.82 Å². The molecular formula is C46H38NaO14P. The summed E-state index contributed by atoms with van der Waals surface area (Å²) in [6.45, 7) is 0. The maximum atomic E-state index is 13.1. The number of phosphoric ester groups is 1. The second-order valence-corrected chi connectivity index (χ2v) is 13.8. The summed E-state index contributed by atoms with van der Waals surface area (Å²) >= 11 is 0. The molecule has 0 aromatic heterocycles. The van der Waals surface area contributed by atoms with Gasteiger partial charge in [-0.05, 0) is 95.1 Å². The summed E-state index contributed by atoms with van der Waals surface area (Å²) in [4.78, 5) is 59.7. The van der Waals surface area contributed by atoms with Gasteiger partial charge in [0.1, 0.15) is 23.8 Å². The van der Waals surface area contributed by atoms with Crippen molar-refractivity contribution in [2.24, 2.45) is 0 Å². The predicted octanol–water partition coefficient (Wildman–Crippen LogP) is 4.33. The Balaban J connectivity index is 0.0000102. The molecule has 4 rings (SSSR count). The molecule has 0 spiro atoms. The topological polar surface area (TPSA) is 204 Å². The van der Waals surface area contributed by atoms with Gasteiger partial charge < -0.3 is 43.1 Å². The minimum Gasteiger partial charge on any atom is -0.736 e. The van der Waals surface area contributed by atoms with Crippen molar-refractivity contribution >= 4 is 55.9 Å². The van der Waals surface area contributed by atoms with Crippen molar-refractivity contribution in [2.75, 3.05) is 28.4 Å². The van der Waals surface area contributed by atoms with Crippen LogP contribution in [0.5, 0.6) is 46.0 Å². The van der Waals surface area contributed by atoms with Crippen LogP contribution in [0.1, 0.15) is 35.1 Å². The van der Waals surface area contributed by atoms with E-state index >= 15 is 0 Å². The SMILES string of the molecule is COc1cc(/C=C/C(=C=O)CC(=C=O)/C=C/c2ccc(OP(=O)([O-])Oc3ccc(/C=C/C(=C=O)CC(=C=O)/C=C/c4ccc(O)c(OC)c4)cc3OC)c(OC)c2)ccc1O.[Na+]. The molecule has 0 heterocycles. The Kier molecular flexibility index (Phi) is 19.6. The van der Waals surface area contributed by atoms with Gasteiger partial charge in [-0.25, -0.2) is 23.7 Å². The largest absolute Gasteiger partial charge is 1.00 e. The Morgan fingerprint density at radius 3 is 1.05 bits per heavy atom. The number of aromatic hydroxyl groups is 2. The van der Waals surface area contributed by atoms with E-state index in [2.05, 4.69) is 0 Å². The van der Waals surface area contributed by atoms with Gasteiger partial charge in [-0.15, -0.1) is 0 Å². The summed E-state index contributed by atoms with van der Waals surface area (Å²) < 4.78 is 44.4. The van der Waals surface area contributed by atoms with E-state index in [1.165, 1.54) is 113 Å². The van der Waals surface area contributed by atoms with Crippen molar-refractivity contribution in [3.63, 3.8) is 0 Å². The van der Waals surface area contributed by atoms with Crippen LogP contribution in [0, 0.1) is 0 Å². The van der Waals surface area contributed by atoms with Crippen LogP contribution in [0.15, 0.2) is 119 Å². The molecule has 2 N–H and O–H groups in total. The Morgan fingerprint density at radius 1 is 0.500 bits per heavy atom. The third-order valence-corrected chi connectivity index (χ3v) is 9.24. The Bertz CT molecular complexity index is 2460. The van der Waals surface area contributed by atoms with E-state index in [0.29, 0.717) is 22.3 Å². The normalized spacial score (nSPS) is 11.7. The van der Waals surface area contributed by atoms with E-state index in [4.69, 9.17) is 28.0 Å². The summed E-state index contributed by atoms with van der Waals surface area (Å²) in [6.07, 6.45) is 11.8. The molecule has 0 bridgehead atoms. The zero-order valence-electron chi connectivity index (χ0n) is 34.2. The number of benzene rings is 4. The molecule has 4 aromatic carbocycles. The maximum Gasteiger partial charge on any atom is 1.00 e. The standard InChI is InChI=1S/C46H39O14P.Na/c1-55-43-23-31(13-17-39(43)51)5-9-35(27-47)21-37(29-49)11-7-33-15-19-41(45(25-33)57-3)59-61(53,54)60-42-20-16-34(26-46(42)58-4)8-12-38(30-50)22-36(28-48)10-6-32-14-18-40(52)44(24-32)56-2;/h5-20,23-26,51-52H,21-22H2,1-4H3,(H,53,54);/q;+1/p-1/b9-5+,10-6+,11-7+,12-8+;. The van der Waals surface area contributed by atoms with Crippen LogP contribution < -0.4 is 62.4 Å². The molecule has 4 aromatic rings. The molecule has 0 aliphatic heterocycles. The number of methoxy groups -OCH3 is 4. The molecule has 0 aliphatic carbocycles. The molecule has 0 amide bonds.